The van der Waals surface area contributed by atoms with E-state index in [1.54, 1.807) is 0 Å². The molecule has 0 aromatic heterocycles. The van der Waals surface area contributed by atoms with E-state index in [0.29, 0.717) is 6.04 Å². The third kappa shape index (κ3) is 1.26. The highest BCUT2D eigenvalue weighted by Gasteiger charge is 2.38. The van der Waals surface area contributed by atoms with Crippen molar-refractivity contribution in [3.63, 3.8) is 0 Å². The number of benzene rings is 1. The third-order valence-electron chi connectivity index (χ3n) is 3.26. The van der Waals surface area contributed by atoms with Gasteiger partial charge in [0.15, 0.2) is 0 Å². The lowest BCUT2D eigenvalue weighted by Gasteiger charge is -2.24. The van der Waals surface area contributed by atoms with Crippen LogP contribution in [-0.2, 0) is 0 Å². The van der Waals surface area contributed by atoms with Crippen molar-refractivity contribution in [3.8, 4) is 0 Å². The van der Waals surface area contributed by atoms with Crippen molar-refractivity contribution in [1.29, 1.82) is 0 Å². The van der Waals surface area contributed by atoms with E-state index in [4.69, 9.17) is 11.6 Å². The Bertz CT molecular complexity index is 353. The number of hydrazine groups is 1. The molecule has 2 aliphatic rings. The topological polar surface area (TPSA) is 15.3 Å². The van der Waals surface area contributed by atoms with Crippen LogP contribution < -0.4 is 5.43 Å². The molecule has 1 aromatic rings. The van der Waals surface area contributed by atoms with Gasteiger partial charge in [0.2, 0.25) is 0 Å². The summed E-state index contributed by atoms with van der Waals surface area (Å²) in [5.41, 5.74) is 4.75. The van der Waals surface area contributed by atoms with E-state index in [0.717, 1.165) is 10.9 Å². The SMILES string of the molecule is Clc1ccccc1C1NN2CCC1C2. The molecular formula is C11H13ClN2. The third-order valence-corrected chi connectivity index (χ3v) is 3.60. The summed E-state index contributed by atoms with van der Waals surface area (Å²) >= 11 is 6.18. The van der Waals surface area contributed by atoms with Crippen LogP contribution in [0.25, 0.3) is 0 Å². The second-order valence-corrected chi connectivity index (χ2v) is 4.53. The van der Waals surface area contributed by atoms with Gasteiger partial charge in [-0.25, -0.2) is 10.4 Å². The van der Waals surface area contributed by atoms with Gasteiger partial charge in [-0.05, 0) is 24.0 Å². The van der Waals surface area contributed by atoms with Crippen LogP contribution in [0.2, 0.25) is 5.02 Å². The molecule has 2 bridgehead atoms. The highest BCUT2D eigenvalue weighted by molar-refractivity contribution is 6.31. The summed E-state index contributed by atoms with van der Waals surface area (Å²) < 4.78 is 0. The van der Waals surface area contributed by atoms with Crippen LogP contribution in [-0.4, -0.2) is 18.1 Å². The lowest BCUT2D eigenvalue weighted by Crippen LogP contribution is -2.34. The maximum Gasteiger partial charge on any atom is 0.0520 e. The van der Waals surface area contributed by atoms with Crippen LogP contribution in [0.15, 0.2) is 24.3 Å². The summed E-state index contributed by atoms with van der Waals surface area (Å²) in [5.74, 6) is 0.745. The van der Waals surface area contributed by atoms with Crippen LogP contribution in [0.1, 0.15) is 18.0 Å². The van der Waals surface area contributed by atoms with Crippen molar-refractivity contribution in [2.24, 2.45) is 5.92 Å². The zero-order valence-corrected chi connectivity index (χ0v) is 8.67. The van der Waals surface area contributed by atoms with Crippen LogP contribution in [0.3, 0.4) is 0 Å². The fourth-order valence-corrected chi connectivity index (χ4v) is 2.78. The molecular weight excluding hydrogens is 196 g/mol. The van der Waals surface area contributed by atoms with Gasteiger partial charge in [0.05, 0.1) is 6.04 Å². The first-order valence-corrected chi connectivity index (χ1v) is 5.48. The van der Waals surface area contributed by atoms with Crippen molar-refractivity contribution in [2.75, 3.05) is 13.1 Å². The van der Waals surface area contributed by atoms with Gasteiger partial charge in [0, 0.05) is 18.1 Å². The Balaban J connectivity index is 1.93. The van der Waals surface area contributed by atoms with Gasteiger partial charge in [-0.15, -0.1) is 0 Å². The standard InChI is InChI=1S/C11H13ClN2/c12-10-4-2-1-3-9(10)11-8-5-6-14(7-8)13-11/h1-4,8,11,13H,5-7H2. The minimum atomic E-state index is 0.442. The van der Waals surface area contributed by atoms with Crippen molar-refractivity contribution >= 4 is 11.6 Å². The molecule has 2 saturated heterocycles. The Labute approximate surface area is 88.8 Å². The van der Waals surface area contributed by atoms with Crippen LogP contribution in [0.4, 0.5) is 0 Å². The summed E-state index contributed by atoms with van der Waals surface area (Å²) in [6.07, 6.45) is 1.29. The zero-order chi connectivity index (χ0) is 9.54. The smallest absolute Gasteiger partial charge is 0.0520 e. The van der Waals surface area contributed by atoms with Gasteiger partial charge in [-0.1, -0.05) is 29.8 Å². The molecule has 0 spiro atoms. The molecule has 0 aliphatic carbocycles. The lowest BCUT2D eigenvalue weighted by molar-refractivity contribution is 0.229. The van der Waals surface area contributed by atoms with E-state index in [1.165, 1.54) is 25.1 Å². The minimum absolute atomic E-state index is 0.442. The minimum Gasteiger partial charge on any atom is -0.247 e. The Morgan fingerprint density at radius 1 is 1.36 bits per heavy atom. The first-order chi connectivity index (χ1) is 6.84. The van der Waals surface area contributed by atoms with E-state index >= 15 is 0 Å². The van der Waals surface area contributed by atoms with Gasteiger partial charge in [-0.3, -0.25) is 0 Å². The van der Waals surface area contributed by atoms with Crippen LogP contribution in [0, 0.1) is 5.92 Å². The quantitative estimate of drug-likeness (QED) is 0.762. The molecule has 3 heteroatoms. The van der Waals surface area contributed by atoms with Crippen LogP contribution >= 0.6 is 11.6 Å². The summed E-state index contributed by atoms with van der Waals surface area (Å²) in [4.78, 5) is 0. The largest absolute Gasteiger partial charge is 0.247 e. The Hall–Kier alpha value is -0.570. The van der Waals surface area contributed by atoms with E-state index in [9.17, 15) is 0 Å². The normalized spacial score (nSPS) is 35.1. The summed E-state index contributed by atoms with van der Waals surface area (Å²) in [7, 11) is 0. The molecule has 74 valence electrons. The number of halogens is 1. The maximum atomic E-state index is 6.18. The van der Waals surface area contributed by atoms with E-state index in [-0.39, 0.29) is 0 Å². The number of hydrogen-bond donors (Lipinski definition) is 1. The van der Waals surface area contributed by atoms with Crippen LogP contribution in [0.5, 0.6) is 0 Å². The zero-order valence-electron chi connectivity index (χ0n) is 7.91. The predicted octanol–water partition coefficient (Wildman–Crippen LogP) is 2.22. The Morgan fingerprint density at radius 2 is 2.21 bits per heavy atom. The molecule has 3 atom stereocenters. The molecule has 0 amide bonds. The molecule has 0 radical (unpaired) electrons. The van der Waals surface area contributed by atoms with Gasteiger partial charge in [0.25, 0.3) is 0 Å². The monoisotopic (exact) mass is 208 g/mol. The number of hydrogen-bond acceptors (Lipinski definition) is 2. The Kier molecular flexibility index (Phi) is 2.01. The number of nitrogens with one attached hydrogen (secondary N) is 1. The highest BCUT2D eigenvalue weighted by atomic mass is 35.5. The molecule has 3 rings (SSSR count). The van der Waals surface area contributed by atoms with Gasteiger partial charge in [-0.2, -0.15) is 0 Å². The number of rotatable bonds is 1. The fourth-order valence-electron chi connectivity index (χ4n) is 2.53. The van der Waals surface area contributed by atoms with Crippen molar-refractivity contribution in [1.82, 2.24) is 10.4 Å². The van der Waals surface area contributed by atoms with Crippen molar-refractivity contribution in [2.45, 2.75) is 12.5 Å². The average Bonchev–Trinajstić information content (AvgIpc) is 2.79. The summed E-state index contributed by atoms with van der Waals surface area (Å²) in [6, 6.07) is 8.59. The van der Waals surface area contributed by atoms with Crippen molar-refractivity contribution in [3.05, 3.63) is 34.9 Å². The molecule has 2 nitrogen and oxygen atoms in total. The van der Waals surface area contributed by atoms with E-state index in [2.05, 4.69) is 22.6 Å². The number of nitrogens with zero attached hydrogens (tertiary/aromatic N) is 1. The molecule has 2 fully saturated rings. The molecule has 2 heterocycles. The molecule has 3 unspecified atom stereocenters. The first-order valence-electron chi connectivity index (χ1n) is 5.10. The fraction of sp³-hybridized carbons (Fsp3) is 0.455. The second kappa shape index (κ2) is 3.23. The molecule has 1 N–H and O–H groups in total. The van der Waals surface area contributed by atoms with Gasteiger partial charge < -0.3 is 0 Å². The lowest BCUT2D eigenvalue weighted by atomic mass is 9.93. The van der Waals surface area contributed by atoms with Gasteiger partial charge in [0.1, 0.15) is 0 Å². The number of fused-ring (bicyclic) bond motifs is 2. The summed E-state index contributed by atoms with van der Waals surface area (Å²) in [5, 5.41) is 3.19. The second-order valence-electron chi connectivity index (χ2n) is 4.12. The average molecular weight is 209 g/mol. The molecule has 2 aliphatic heterocycles. The molecule has 0 saturated carbocycles. The molecule has 1 aromatic carbocycles. The predicted molar refractivity (Wildman–Crippen MR) is 57.0 cm³/mol. The maximum absolute atomic E-state index is 6.18. The van der Waals surface area contributed by atoms with Crippen molar-refractivity contribution < 1.29 is 0 Å². The molecule has 14 heavy (non-hydrogen) atoms. The van der Waals surface area contributed by atoms with E-state index < -0.39 is 0 Å². The van der Waals surface area contributed by atoms with E-state index in [1.807, 2.05) is 12.1 Å². The van der Waals surface area contributed by atoms with Gasteiger partial charge >= 0.3 is 0 Å². The highest BCUT2D eigenvalue weighted by Crippen LogP contribution is 2.38. The first kappa shape index (κ1) is 8.72. The Morgan fingerprint density at radius 3 is 2.86 bits per heavy atom. The summed E-state index contributed by atoms with van der Waals surface area (Å²) in [6.45, 7) is 2.36.